The molecule has 74 valence electrons. The minimum atomic E-state index is 1.20. The molecular weight excluding hydrogens is 144 g/mol. The van der Waals surface area contributed by atoms with Crippen molar-refractivity contribution in [3.63, 3.8) is 0 Å². The molecule has 0 N–H and O–H groups in total. The zero-order valence-corrected chi connectivity index (χ0v) is 9.72. The molecular formula is C12H26. The fourth-order valence-corrected chi connectivity index (χ4v) is 0.453. The summed E-state index contributed by atoms with van der Waals surface area (Å²) in [4.78, 5) is 0. The lowest BCUT2D eigenvalue weighted by Crippen LogP contribution is -1.57. The third-order valence-corrected chi connectivity index (χ3v) is 0.895. The van der Waals surface area contributed by atoms with Gasteiger partial charge in [0.1, 0.15) is 0 Å². The summed E-state index contributed by atoms with van der Waals surface area (Å²) in [6.07, 6.45) is 10.8. The molecule has 0 aromatic rings. The molecule has 0 nitrogen and oxygen atoms in total. The van der Waals surface area contributed by atoms with Crippen molar-refractivity contribution in [3.8, 4) is 0 Å². The Labute approximate surface area is 79.4 Å². The molecule has 0 saturated carbocycles. The third-order valence-electron chi connectivity index (χ3n) is 0.895. The fourth-order valence-electron chi connectivity index (χ4n) is 0.453. The second-order valence-electron chi connectivity index (χ2n) is 1.74. The zero-order valence-electron chi connectivity index (χ0n) is 9.72. The molecule has 0 unspecified atom stereocenters. The molecule has 0 radical (unpaired) electrons. The molecule has 0 aromatic heterocycles. The van der Waals surface area contributed by atoms with Gasteiger partial charge >= 0.3 is 0 Å². The van der Waals surface area contributed by atoms with Crippen LogP contribution in [-0.2, 0) is 0 Å². The number of hydrogen-bond donors (Lipinski definition) is 0. The van der Waals surface area contributed by atoms with E-state index in [1.807, 2.05) is 40.7 Å². The van der Waals surface area contributed by atoms with Gasteiger partial charge in [-0.25, -0.2) is 0 Å². The van der Waals surface area contributed by atoms with Gasteiger partial charge < -0.3 is 0 Å². The van der Waals surface area contributed by atoms with Crippen LogP contribution >= 0.6 is 0 Å². The van der Waals surface area contributed by atoms with E-state index in [1.54, 1.807) is 0 Å². The maximum Gasteiger partial charge on any atom is -0.0350 e. The smallest absolute Gasteiger partial charge is 0.0350 e. The quantitative estimate of drug-likeness (QED) is 0.524. The minimum absolute atomic E-state index is 1.20. The Morgan fingerprint density at radius 1 is 0.917 bits per heavy atom. The van der Waals surface area contributed by atoms with E-state index in [0.717, 1.165) is 0 Å². The maximum absolute atomic E-state index is 2.18. The summed E-state index contributed by atoms with van der Waals surface area (Å²) in [6, 6.07) is 0. The Kier molecular flexibility index (Phi) is 45.8. The maximum atomic E-state index is 2.18. The number of allylic oxidation sites excluding steroid dienone is 4. The average Bonchev–Trinajstić information content (AvgIpc) is 2.19. The molecule has 0 fully saturated rings. The van der Waals surface area contributed by atoms with Gasteiger partial charge in [0.25, 0.3) is 0 Å². The molecule has 0 atom stereocenters. The zero-order chi connectivity index (χ0) is 10.2. The first-order chi connectivity index (χ1) is 5.91. The normalized spacial score (nSPS) is 8.83. The van der Waals surface area contributed by atoms with Crippen molar-refractivity contribution in [3.05, 3.63) is 24.3 Å². The van der Waals surface area contributed by atoms with Gasteiger partial charge in [-0.05, 0) is 13.3 Å². The molecule has 0 spiro atoms. The first-order valence-corrected chi connectivity index (χ1v) is 5.19. The van der Waals surface area contributed by atoms with E-state index in [2.05, 4.69) is 25.2 Å². The molecule has 0 amide bonds. The molecule has 0 heterocycles. The Morgan fingerprint density at radius 2 is 1.42 bits per heavy atom. The van der Waals surface area contributed by atoms with Crippen LogP contribution in [0.15, 0.2) is 24.3 Å². The van der Waals surface area contributed by atoms with Crippen LogP contribution in [0.1, 0.15) is 54.4 Å². The van der Waals surface area contributed by atoms with Crippen LogP contribution in [0.25, 0.3) is 0 Å². The summed E-state index contributed by atoms with van der Waals surface area (Å²) >= 11 is 0. The van der Waals surface area contributed by atoms with Crippen LogP contribution in [0.4, 0.5) is 0 Å². The second-order valence-corrected chi connectivity index (χ2v) is 1.74. The van der Waals surface area contributed by atoms with Crippen LogP contribution in [0.3, 0.4) is 0 Å². The highest BCUT2D eigenvalue weighted by Crippen LogP contribution is 1.87. The number of rotatable bonds is 3. The molecule has 0 aliphatic carbocycles. The van der Waals surface area contributed by atoms with Crippen molar-refractivity contribution in [2.24, 2.45) is 0 Å². The highest BCUT2D eigenvalue weighted by Gasteiger charge is 1.67. The second kappa shape index (κ2) is 31.4. The number of unbranched alkanes of at least 4 members (excludes halogenated alkanes) is 1. The van der Waals surface area contributed by atoms with Gasteiger partial charge in [0.2, 0.25) is 0 Å². The molecule has 0 saturated heterocycles. The third kappa shape index (κ3) is 34.0. The predicted octanol–water partition coefficient (Wildman–Crippen LogP) is 4.97. The summed E-state index contributed by atoms with van der Waals surface area (Å²) in [5, 5.41) is 0. The lowest BCUT2D eigenvalue weighted by Gasteiger charge is -1.78. The van der Waals surface area contributed by atoms with E-state index in [-0.39, 0.29) is 0 Å². The van der Waals surface area contributed by atoms with Crippen molar-refractivity contribution in [1.82, 2.24) is 0 Å². The SMILES string of the molecule is C/C=C\C=C/CCC.CC.CC. The standard InChI is InChI=1S/C8H14.2C2H6/c1-3-5-7-8-6-4-2;2*1-2/h3,5,7-8H,4,6H2,1-2H3;2*1-2H3/b5-3-,8-7-;;. The van der Waals surface area contributed by atoms with Gasteiger partial charge in [-0.3, -0.25) is 0 Å². The molecule has 0 aromatic carbocycles. The average molecular weight is 170 g/mol. The van der Waals surface area contributed by atoms with Crippen LogP contribution in [0.2, 0.25) is 0 Å². The largest absolute Gasteiger partial charge is 0.0877 e. The summed E-state index contributed by atoms with van der Waals surface area (Å²) in [6.45, 7) is 12.2. The first kappa shape index (κ1) is 17.5. The van der Waals surface area contributed by atoms with E-state index in [4.69, 9.17) is 0 Å². The molecule has 0 aliphatic rings. The van der Waals surface area contributed by atoms with Crippen LogP contribution < -0.4 is 0 Å². The predicted molar refractivity (Wildman–Crippen MR) is 61.6 cm³/mol. The van der Waals surface area contributed by atoms with Crippen molar-refractivity contribution in [1.29, 1.82) is 0 Å². The van der Waals surface area contributed by atoms with E-state index in [1.165, 1.54) is 12.8 Å². The van der Waals surface area contributed by atoms with Crippen molar-refractivity contribution < 1.29 is 0 Å². The van der Waals surface area contributed by atoms with Gasteiger partial charge in [-0.15, -0.1) is 0 Å². The first-order valence-electron chi connectivity index (χ1n) is 5.19. The summed E-state index contributed by atoms with van der Waals surface area (Å²) in [7, 11) is 0. The van der Waals surface area contributed by atoms with Crippen LogP contribution in [0.5, 0.6) is 0 Å². The van der Waals surface area contributed by atoms with Crippen molar-refractivity contribution >= 4 is 0 Å². The lowest BCUT2D eigenvalue weighted by atomic mass is 10.3. The lowest BCUT2D eigenvalue weighted by molar-refractivity contribution is 0.959. The summed E-state index contributed by atoms with van der Waals surface area (Å²) < 4.78 is 0. The molecule has 0 rings (SSSR count). The Morgan fingerprint density at radius 3 is 1.75 bits per heavy atom. The summed E-state index contributed by atoms with van der Waals surface area (Å²) in [5.74, 6) is 0. The highest BCUT2D eigenvalue weighted by atomic mass is 13.7. The van der Waals surface area contributed by atoms with E-state index >= 15 is 0 Å². The van der Waals surface area contributed by atoms with Crippen molar-refractivity contribution in [2.75, 3.05) is 0 Å². The Bertz CT molecular complexity index is 78.0. The molecule has 0 bridgehead atoms. The van der Waals surface area contributed by atoms with Gasteiger partial charge in [0.15, 0.2) is 0 Å². The molecule has 12 heavy (non-hydrogen) atoms. The van der Waals surface area contributed by atoms with E-state index in [9.17, 15) is 0 Å². The minimum Gasteiger partial charge on any atom is -0.0877 e. The van der Waals surface area contributed by atoms with Gasteiger partial charge in [-0.1, -0.05) is 65.3 Å². The molecule has 0 aliphatic heterocycles. The van der Waals surface area contributed by atoms with Crippen LogP contribution in [0, 0.1) is 0 Å². The topological polar surface area (TPSA) is 0 Å². The monoisotopic (exact) mass is 170 g/mol. The number of hydrogen-bond acceptors (Lipinski definition) is 0. The van der Waals surface area contributed by atoms with E-state index in [0.29, 0.717) is 0 Å². The van der Waals surface area contributed by atoms with Gasteiger partial charge in [0, 0.05) is 0 Å². The fraction of sp³-hybridized carbons (Fsp3) is 0.667. The van der Waals surface area contributed by atoms with Crippen molar-refractivity contribution in [2.45, 2.75) is 54.4 Å². The molecule has 0 heteroatoms. The Balaban J connectivity index is -0.000000175. The summed E-state index contributed by atoms with van der Waals surface area (Å²) in [5.41, 5.74) is 0. The van der Waals surface area contributed by atoms with Gasteiger partial charge in [0.05, 0.1) is 0 Å². The highest BCUT2D eigenvalue weighted by molar-refractivity contribution is 5.00. The van der Waals surface area contributed by atoms with Crippen LogP contribution in [-0.4, -0.2) is 0 Å². The van der Waals surface area contributed by atoms with Gasteiger partial charge in [-0.2, -0.15) is 0 Å². The van der Waals surface area contributed by atoms with E-state index < -0.39 is 0 Å². The Hall–Kier alpha value is -0.520.